The minimum atomic E-state index is -0.208. The average molecular weight is 347 g/mol. The van der Waals surface area contributed by atoms with Gasteiger partial charge in [-0.2, -0.15) is 0 Å². The molecule has 0 aliphatic carbocycles. The van der Waals surface area contributed by atoms with Gasteiger partial charge in [0, 0.05) is 13.1 Å². The molecule has 1 atom stereocenters. The lowest BCUT2D eigenvalue weighted by Gasteiger charge is -2.25. The van der Waals surface area contributed by atoms with Crippen LogP contribution in [0.2, 0.25) is 0 Å². The quantitative estimate of drug-likeness (QED) is 0.833. The fourth-order valence-electron chi connectivity index (χ4n) is 2.11. The molecule has 1 N–H and O–H groups in total. The van der Waals surface area contributed by atoms with Crippen molar-refractivity contribution in [1.29, 1.82) is 0 Å². The van der Waals surface area contributed by atoms with E-state index in [2.05, 4.69) is 10.5 Å². The Hall–Kier alpha value is -2.28. The fourth-order valence-corrected chi connectivity index (χ4v) is 2.85. The first kappa shape index (κ1) is 18.1. The summed E-state index contributed by atoms with van der Waals surface area (Å²) in [6, 6.07) is 11.5. The van der Waals surface area contributed by atoms with Crippen LogP contribution in [-0.2, 0) is 9.59 Å². The molecule has 0 aliphatic heterocycles. The second kappa shape index (κ2) is 8.54. The molecular weight excluding hydrogens is 326 g/mol. The first-order valence-corrected chi connectivity index (χ1v) is 8.74. The summed E-state index contributed by atoms with van der Waals surface area (Å²) in [5, 5.41) is 6.32. The zero-order valence-corrected chi connectivity index (χ0v) is 14.8. The van der Waals surface area contributed by atoms with E-state index in [1.807, 2.05) is 37.3 Å². The number of rotatable bonds is 7. The van der Waals surface area contributed by atoms with E-state index >= 15 is 0 Å². The highest BCUT2D eigenvalue weighted by molar-refractivity contribution is 8.00. The van der Waals surface area contributed by atoms with Crippen molar-refractivity contribution in [3.05, 3.63) is 47.7 Å². The summed E-state index contributed by atoms with van der Waals surface area (Å²) in [5.74, 6) is 1.23. The highest BCUT2D eigenvalue weighted by Gasteiger charge is 2.17. The fraction of sp³-hybridized carbons (Fsp3) is 0.353. The lowest BCUT2D eigenvalue weighted by molar-refractivity contribution is -0.128. The number of thioether (sulfide) groups is 1. The highest BCUT2D eigenvalue weighted by atomic mass is 32.2. The topological polar surface area (TPSA) is 75.4 Å². The SMILES string of the molecule is Cc1cc(NC(=O)CSCC(=O)N(C)C(C)c2ccccc2)no1. The van der Waals surface area contributed by atoms with E-state index in [4.69, 9.17) is 4.52 Å². The predicted octanol–water partition coefficient (Wildman–Crippen LogP) is 2.87. The molecule has 128 valence electrons. The van der Waals surface area contributed by atoms with E-state index in [1.54, 1.807) is 24.9 Å². The Balaban J connectivity index is 1.75. The van der Waals surface area contributed by atoms with Crippen LogP contribution < -0.4 is 5.32 Å². The molecule has 6 nitrogen and oxygen atoms in total. The van der Waals surface area contributed by atoms with Crippen LogP contribution >= 0.6 is 11.8 Å². The van der Waals surface area contributed by atoms with Gasteiger partial charge in [0.05, 0.1) is 17.5 Å². The van der Waals surface area contributed by atoms with Gasteiger partial charge in [-0.25, -0.2) is 0 Å². The van der Waals surface area contributed by atoms with Gasteiger partial charge < -0.3 is 14.7 Å². The molecule has 2 rings (SSSR count). The summed E-state index contributed by atoms with van der Waals surface area (Å²) in [7, 11) is 1.78. The highest BCUT2D eigenvalue weighted by Crippen LogP contribution is 2.19. The van der Waals surface area contributed by atoms with E-state index < -0.39 is 0 Å². The second-order valence-corrected chi connectivity index (χ2v) is 6.44. The molecular formula is C17H21N3O3S. The van der Waals surface area contributed by atoms with E-state index in [9.17, 15) is 9.59 Å². The van der Waals surface area contributed by atoms with Gasteiger partial charge in [0.2, 0.25) is 11.8 Å². The van der Waals surface area contributed by atoms with Gasteiger partial charge in [0.25, 0.3) is 0 Å². The maximum absolute atomic E-state index is 12.2. The maximum Gasteiger partial charge on any atom is 0.235 e. The van der Waals surface area contributed by atoms with Crippen molar-refractivity contribution in [3.8, 4) is 0 Å². The van der Waals surface area contributed by atoms with Crippen molar-refractivity contribution in [1.82, 2.24) is 10.1 Å². The Morgan fingerprint density at radius 2 is 2.00 bits per heavy atom. The minimum Gasteiger partial charge on any atom is -0.360 e. The Labute approximate surface area is 145 Å². The number of aromatic nitrogens is 1. The van der Waals surface area contributed by atoms with Gasteiger partial charge >= 0.3 is 0 Å². The van der Waals surface area contributed by atoms with Crippen molar-refractivity contribution >= 4 is 29.4 Å². The third-order valence-corrected chi connectivity index (χ3v) is 4.53. The minimum absolute atomic E-state index is 0.00812. The summed E-state index contributed by atoms with van der Waals surface area (Å²) < 4.78 is 4.88. The van der Waals surface area contributed by atoms with E-state index in [-0.39, 0.29) is 29.4 Å². The number of hydrogen-bond donors (Lipinski definition) is 1. The molecule has 0 spiro atoms. The molecule has 2 aromatic rings. The molecule has 0 radical (unpaired) electrons. The molecule has 0 saturated heterocycles. The van der Waals surface area contributed by atoms with Crippen molar-refractivity contribution < 1.29 is 14.1 Å². The number of carbonyl (C=O) groups excluding carboxylic acids is 2. The Bertz CT molecular complexity index is 687. The van der Waals surface area contributed by atoms with Crippen LogP contribution in [0.15, 0.2) is 40.9 Å². The zero-order valence-electron chi connectivity index (χ0n) is 14.0. The van der Waals surface area contributed by atoms with Crippen LogP contribution in [0.4, 0.5) is 5.82 Å². The number of aryl methyl sites for hydroxylation is 1. The third kappa shape index (κ3) is 5.13. The number of nitrogens with one attached hydrogen (secondary N) is 1. The van der Waals surface area contributed by atoms with Crippen molar-refractivity contribution in [2.75, 3.05) is 23.9 Å². The lowest BCUT2D eigenvalue weighted by atomic mass is 10.1. The Kier molecular flexibility index (Phi) is 6.43. The average Bonchev–Trinajstić information content (AvgIpc) is 2.98. The molecule has 0 aliphatic rings. The standard InChI is InChI=1S/C17H21N3O3S/c1-12-9-15(19-23-12)18-16(21)10-24-11-17(22)20(3)13(2)14-7-5-4-6-8-14/h4-9,13H,10-11H2,1-3H3,(H,18,19,21). The molecule has 0 saturated carbocycles. The van der Waals surface area contributed by atoms with Crippen LogP contribution in [0.1, 0.15) is 24.3 Å². The maximum atomic E-state index is 12.2. The molecule has 0 fully saturated rings. The van der Waals surface area contributed by atoms with Crippen LogP contribution in [0.25, 0.3) is 0 Å². The number of hydrogen-bond acceptors (Lipinski definition) is 5. The van der Waals surface area contributed by atoms with Crippen LogP contribution in [0.5, 0.6) is 0 Å². The van der Waals surface area contributed by atoms with Gasteiger partial charge in [0.15, 0.2) is 5.82 Å². The van der Waals surface area contributed by atoms with Gasteiger partial charge in [-0.05, 0) is 19.4 Å². The molecule has 1 aromatic carbocycles. The molecule has 0 bridgehead atoms. The molecule has 2 amide bonds. The van der Waals surface area contributed by atoms with Gasteiger partial charge in [-0.3, -0.25) is 9.59 Å². The van der Waals surface area contributed by atoms with Crippen molar-refractivity contribution in [3.63, 3.8) is 0 Å². The number of nitrogens with zero attached hydrogens (tertiary/aromatic N) is 2. The largest absolute Gasteiger partial charge is 0.360 e. The van der Waals surface area contributed by atoms with Crippen LogP contribution in [0, 0.1) is 6.92 Å². The van der Waals surface area contributed by atoms with E-state index in [1.165, 1.54) is 11.8 Å². The summed E-state index contributed by atoms with van der Waals surface area (Å²) in [6.45, 7) is 3.73. The normalized spacial score (nSPS) is 11.8. The first-order chi connectivity index (χ1) is 11.5. The van der Waals surface area contributed by atoms with Gasteiger partial charge in [-0.15, -0.1) is 11.8 Å². The zero-order chi connectivity index (χ0) is 17.5. The van der Waals surface area contributed by atoms with Gasteiger partial charge in [-0.1, -0.05) is 35.5 Å². The van der Waals surface area contributed by atoms with Crippen molar-refractivity contribution in [2.24, 2.45) is 0 Å². The Morgan fingerprint density at radius 1 is 1.29 bits per heavy atom. The Morgan fingerprint density at radius 3 is 2.62 bits per heavy atom. The summed E-state index contributed by atoms with van der Waals surface area (Å²) >= 11 is 1.27. The van der Waals surface area contributed by atoms with Crippen LogP contribution in [0.3, 0.4) is 0 Å². The summed E-state index contributed by atoms with van der Waals surface area (Å²) in [6.07, 6.45) is 0. The summed E-state index contributed by atoms with van der Waals surface area (Å²) in [5.41, 5.74) is 1.08. The van der Waals surface area contributed by atoms with Gasteiger partial charge in [0.1, 0.15) is 5.76 Å². The number of amides is 2. The van der Waals surface area contributed by atoms with Crippen LogP contribution in [-0.4, -0.2) is 40.4 Å². The molecule has 1 heterocycles. The van der Waals surface area contributed by atoms with E-state index in [0.717, 1.165) is 5.56 Å². The second-order valence-electron chi connectivity index (χ2n) is 5.46. The number of carbonyl (C=O) groups is 2. The monoisotopic (exact) mass is 347 g/mol. The third-order valence-electron chi connectivity index (χ3n) is 3.61. The predicted molar refractivity (Wildman–Crippen MR) is 94.8 cm³/mol. The smallest absolute Gasteiger partial charge is 0.235 e. The molecule has 1 aromatic heterocycles. The molecule has 1 unspecified atom stereocenters. The first-order valence-electron chi connectivity index (χ1n) is 7.59. The summed E-state index contributed by atoms with van der Waals surface area (Å²) in [4.78, 5) is 25.7. The number of benzene rings is 1. The molecule has 7 heteroatoms. The van der Waals surface area contributed by atoms with Crippen molar-refractivity contribution in [2.45, 2.75) is 19.9 Å². The van der Waals surface area contributed by atoms with E-state index in [0.29, 0.717) is 11.6 Å². The number of anilines is 1. The lowest BCUT2D eigenvalue weighted by Crippen LogP contribution is -2.31. The molecule has 24 heavy (non-hydrogen) atoms.